The summed E-state index contributed by atoms with van der Waals surface area (Å²) in [5, 5.41) is 34.2. The number of rotatable bonds is 21. The first-order chi connectivity index (χ1) is 37.8. The minimum Gasteiger partial charge on any atom is -0.507 e. The summed E-state index contributed by atoms with van der Waals surface area (Å²) in [5.74, 6) is -1.70. The number of halogens is 1. The van der Waals surface area contributed by atoms with Gasteiger partial charge in [0.25, 0.3) is 0 Å². The standard InChI is InChI=1S/C70H101FO12/c1-43-31-44(38-54(62(43)83-71)69(20,21)22)23-27-55(72)79-39-70(40-80-56(73)28-24-45-32-48(63(2,3)4)59(76)49(33-45)64(5,6)7,41-81-57(74)29-25-46-34-50(65(8,9)10)60(77)51(35-46)66(11,12)13)42-82-58(75)30-26-47-36-52(67(14,15)16)61(78)53(37-47)68(17,18)19/h31-38,76-78H,23-30,39-42H2,1-22H3. The third-order valence-electron chi connectivity index (χ3n) is 15.2. The molecule has 4 rings (SSSR count). The Bertz CT molecular complexity index is 2600. The summed E-state index contributed by atoms with van der Waals surface area (Å²) < 4.78 is 38.0. The lowest BCUT2D eigenvalue weighted by Gasteiger charge is -2.32. The Hall–Kier alpha value is -6.11. The Kier molecular flexibility index (Phi) is 22.1. The van der Waals surface area contributed by atoms with Gasteiger partial charge in [-0.1, -0.05) is 194 Å². The number of hydrogen-bond acceptors (Lipinski definition) is 12. The summed E-state index contributed by atoms with van der Waals surface area (Å²) in [6.07, 6.45) is 0.697. The Labute approximate surface area is 496 Å². The molecule has 0 bridgehead atoms. The fourth-order valence-corrected chi connectivity index (χ4v) is 10.1. The number of aryl methyl sites for hydroxylation is 5. The molecule has 13 heteroatoms. The lowest BCUT2D eigenvalue weighted by atomic mass is 9.78. The number of benzene rings is 4. The van der Waals surface area contributed by atoms with Gasteiger partial charge in [0, 0.05) is 35.8 Å². The molecule has 0 aliphatic rings. The molecule has 0 radical (unpaired) electrons. The van der Waals surface area contributed by atoms with Crippen LogP contribution in [0, 0.1) is 12.3 Å². The van der Waals surface area contributed by atoms with Crippen LogP contribution >= 0.6 is 0 Å². The van der Waals surface area contributed by atoms with E-state index in [0.717, 1.165) is 55.6 Å². The molecule has 0 spiro atoms. The highest BCUT2D eigenvalue weighted by atomic mass is 19.3. The van der Waals surface area contributed by atoms with Crippen molar-refractivity contribution in [3.63, 3.8) is 0 Å². The van der Waals surface area contributed by atoms with Crippen molar-refractivity contribution in [1.29, 1.82) is 0 Å². The summed E-state index contributed by atoms with van der Waals surface area (Å²) in [5.41, 5.74) is 4.41. The predicted molar refractivity (Wildman–Crippen MR) is 328 cm³/mol. The fourth-order valence-electron chi connectivity index (χ4n) is 10.1. The van der Waals surface area contributed by atoms with E-state index in [-0.39, 0.29) is 74.4 Å². The van der Waals surface area contributed by atoms with Crippen molar-refractivity contribution in [2.24, 2.45) is 5.41 Å². The van der Waals surface area contributed by atoms with Crippen LogP contribution in [0.4, 0.5) is 4.53 Å². The van der Waals surface area contributed by atoms with E-state index >= 15 is 0 Å². The maximum absolute atomic E-state index is 14.0. The smallest absolute Gasteiger partial charge is 0.306 e. The molecule has 0 aliphatic heterocycles. The molecule has 83 heavy (non-hydrogen) atoms. The number of phenols is 3. The maximum Gasteiger partial charge on any atom is 0.306 e. The molecule has 460 valence electrons. The average molecular weight is 1150 g/mol. The minimum atomic E-state index is -1.60. The first kappa shape index (κ1) is 69.4. The molecule has 4 aromatic rings. The second kappa shape index (κ2) is 26.4. The summed E-state index contributed by atoms with van der Waals surface area (Å²) in [4.78, 5) is 60.3. The van der Waals surface area contributed by atoms with Gasteiger partial charge < -0.3 is 34.3 Å². The molecular weight excluding hydrogens is 1050 g/mol. The number of hydrogen-bond donors (Lipinski definition) is 3. The molecule has 0 aliphatic carbocycles. The molecule has 0 saturated heterocycles. The molecule has 4 aromatic carbocycles. The van der Waals surface area contributed by atoms with Crippen LogP contribution in [0.3, 0.4) is 0 Å². The van der Waals surface area contributed by atoms with E-state index in [1.807, 2.05) is 188 Å². The van der Waals surface area contributed by atoms with Crippen LogP contribution in [0.5, 0.6) is 23.0 Å². The highest BCUT2D eigenvalue weighted by Crippen LogP contribution is 2.44. The topological polar surface area (TPSA) is 175 Å². The van der Waals surface area contributed by atoms with Gasteiger partial charge >= 0.3 is 23.9 Å². The predicted octanol–water partition coefficient (Wildman–Crippen LogP) is 15.4. The van der Waals surface area contributed by atoms with E-state index in [1.165, 1.54) is 0 Å². The SMILES string of the molecule is Cc1cc(CCC(=O)OCC(COC(=O)CCc2cc(C(C)(C)C)c(O)c(C(C)(C)C)c2)(COC(=O)CCc2cc(C(C)(C)C)c(O)c(C(C)(C)C)c2)COC(=O)CCc2cc(C(C)(C)C)c(O)c(C(C)(C)C)c2)cc(C(C)(C)C)c1OF. The molecule has 0 saturated carbocycles. The first-order valence-corrected chi connectivity index (χ1v) is 29.4. The van der Waals surface area contributed by atoms with Gasteiger partial charge in [-0.25, -0.2) is 0 Å². The molecule has 0 unspecified atom stereocenters. The molecule has 3 N–H and O–H groups in total. The third kappa shape index (κ3) is 19.5. The van der Waals surface area contributed by atoms with Crippen molar-refractivity contribution >= 4 is 23.9 Å². The van der Waals surface area contributed by atoms with Crippen molar-refractivity contribution in [2.45, 2.75) is 242 Å². The normalized spacial score (nSPS) is 13.0. The molecule has 0 heterocycles. The van der Waals surface area contributed by atoms with Crippen LogP contribution in [-0.4, -0.2) is 65.6 Å². The molecule has 0 atom stereocenters. The number of phenolic OH excluding ortho intramolecular Hbond substituents is 3. The van der Waals surface area contributed by atoms with Gasteiger partial charge in [-0.05, 0) is 132 Å². The maximum atomic E-state index is 14.0. The zero-order chi connectivity index (χ0) is 63.2. The molecule has 0 amide bonds. The number of carbonyl (C=O) groups excluding carboxylic acids is 4. The lowest BCUT2D eigenvalue weighted by molar-refractivity contribution is -0.170. The molecular formula is C70H101FO12. The second-order valence-corrected chi connectivity index (χ2v) is 30.4. The van der Waals surface area contributed by atoms with E-state index in [4.69, 9.17) is 18.9 Å². The first-order valence-electron chi connectivity index (χ1n) is 29.4. The van der Waals surface area contributed by atoms with Crippen molar-refractivity contribution in [2.75, 3.05) is 26.4 Å². The average Bonchev–Trinajstić information content (AvgIpc) is 3.48. The highest BCUT2D eigenvalue weighted by molar-refractivity contribution is 5.72. The monoisotopic (exact) mass is 1150 g/mol. The van der Waals surface area contributed by atoms with Crippen LogP contribution in [0.25, 0.3) is 0 Å². The van der Waals surface area contributed by atoms with E-state index < -0.39 is 93.6 Å². The summed E-state index contributed by atoms with van der Waals surface area (Å²) in [6.45, 7) is 41.9. The van der Waals surface area contributed by atoms with Crippen molar-refractivity contribution in [3.05, 3.63) is 115 Å². The van der Waals surface area contributed by atoms with E-state index in [0.29, 0.717) is 11.1 Å². The van der Waals surface area contributed by atoms with Crippen LogP contribution < -0.4 is 4.94 Å². The van der Waals surface area contributed by atoms with Gasteiger partial charge in [0.15, 0.2) is 5.75 Å². The van der Waals surface area contributed by atoms with Crippen LogP contribution in [0.1, 0.15) is 238 Å². The molecule has 12 nitrogen and oxygen atoms in total. The number of esters is 4. The molecule has 0 fully saturated rings. The van der Waals surface area contributed by atoms with Gasteiger partial charge in [0.05, 0.1) is 0 Å². The van der Waals surface area contributed by atoms with Gasteiger partial charge in [0.2, 0.25) is 0 Å². The second-order valence-electron chi connectivity index (χ2n) is 30.4. The number of ether oxygens (including phenoxy) is 4. The van der Waals surface area contributed by atoms with Crippen LogP contribution in [-0.2, 0) is 102 Å². The number of carbonyl (C=O) groups is 4. The molecule has 0 aromatic heterocycles. The van der Waals surface area contributed by atoms with Gasteiger partial charge in [-0.3, -0.25) is 24.1 Å². The van der Waals surface area contributed by atoms with E-state index in [9.17, 15) is 39.0 Å². The zero-order valence-corrected chi connectivity index (χ0v) is 54.5. The minimum absolute atomic E-state index is 0.0743. The summed E-state index contributed by atoms with van der Waals surface area (Å²) >= 11 is 0. The Morgan fingerprint density at radius 2 is 0.542 bits per heavy atom. The highest BCUT2D eigenvalue weighted by Gasteiger charge is 2.39. The Morgan fingerprint density at radius 3 is 0.735 bits per heavy atom. The van der Waals surface area contributed by atoms with Crippen molar-refractivity contribution < 1.29 is 62.9 Å². The van der Waals surface area contributed by atoms with Crippen molar-refractivity contribution in [1.82, 2.24) is 0 Å². The van der Waals surface area contributed by atoms with Crippen LogP contribution in [0.2, 0.25) is 0 Å². The lowest BCUT2D eigenvalue weighted by Crippen LogP contribution is -2.44. The van der Waals surface area contributed by atoms with E-state index in [1.54, 1.807) is 13.0 Å². The third-order valence-corrected chi connectivity index (χ3v) is 15.2. The van der Waals surface area contributed by atoms with Crippen LogP contribution in [0.15, 0.2) is 48.5 Å². The summed E-state index contributed by atoms with van der Waals surface area (Å²) in [7, 11) is 0. The van der Waals surface area contributed by atoms with Gasteiger partial charge in [-0.2, -0.15) is 0 Å². The van der Waals surface area contributed by atoms with Gasteiger partial charge in [-0.15, -0.1) is 0 Å². The quantitative estimate of drug-likeness (QED) is 0.0533. The van der Waals surface area contributed by atoms with Gasteiger partial charge in [0.1, 0.15) is 49.1 Å². The fraction of sp³-hybridized carbons (Fsp3) is 0.600. The number of aromatic hydroxyl groups is 3. The Morgan fingerprint density at radius 1 is 0.349 bits per heavy atom. The zero-order valence-electron chi connectivity index (χ0n) is 54.5. The summed E-state index contributed by atoms with van der Waals surface area (Å²) in [6, 6.07) is 15.0. The largest absolute Gasteiger partial charge is 0.507 e. The Balaban J connectivity index is 1.74. The van der Waals surface area contributed by atoms with E-state index in [2.05, 4.69) is 4.94 Å². The van der Waals surface area contributed by atoms with Crippen molar-refractivity contribution in [3.8, 4) is 23.0 Å².